The van der Waals surface area contributed by atoms with Crippen molar-refractivity contribution >= 4 is 0 Å². The standard InChI is InChI=1S/C13H24N2/c1-12-11-14-8-10-15(12)9-7-13-5-3-2-4-6-13/h13-14H,1-11H2. The second-order valence-corrected chi connectivity index (χ2v) is 5.02. The Morgan fingerprint density at radius 2 is 2.07 bits per heavy atom. The van der Waals surface area contributed by atoms with E-state index in [1.807, 2.05) is 0 Å². The van der Waals surface area contributed by atoms with Gasteiger partial charge in [0.15, 0.2) is 0 Å². The molecule has 1 N–H and O–H groups in total. The monoisotopic (exact) mass is 208 g/mol. The fraction of sp³-hybridized carbons (Fsp3) is 0.846. The Bertz CT molecular complexity index is 207. The Labute approximate surface area is 93.7 Å². The molecule has 1 heterocycles. The van der Waals surface area contributed by atoms with Crippen LogP contribution in [0.15, 0.2) is 12.3 Å². The fourth-order valence-electron chi connectivity index (χ4n) is 2.80. The molecule has 0 unspecified atom stereocenters. The number of hydrogen-bond acceptors (Lipinski definition) is 2. The van der Waals surface area contributed by atoms with Gasteiger partial charge < -0.3 is 10.2 Å². The molecule has 2 rings (SSSR count). The lowest BCUT2D eigenvalue weighted by atomic mass is 9.87. The molecule has 0 atom stereocenters. The highest BCUT2D eigenvalue weighted by molar-refractivity contribution is 4.99. The van der Waals surface area contributed by atoms with Crippen LogP contribution in [-0.4, -0.2) is 31.1 Å². The number of nitrogens with one attached hydrogen (secondary N) is 1. The average molecular weight is 208 g/mol. The quantitative estimate of drug-likeness (QED) is 0.766. The van der Waals surface area contributed by atoms with Gasteiger partial charge >= 0.3 is 0 Å². The van der Waals surface area contributed by atoms with Gasteiger partial charge in [0, 0.05) is 31.9 Å². The number of hydrogen-bond donors (Lipinski definition) is 1. The SMILES string of the molecule is C=C1CNCCN1CCC1CCCCC1. The molecule has 2 fully saturated rings. The van der Waals surface area contributed by atoms with Gasteiger partial charge in [-0.25, -0.2) is 0 Å². The van der Waals surface area contributed by atoms with Crippen molar-refractivity contribution in [1.82, 2.24) is 10.2 Å². The van der Waals surface area contributed by atoms with Crippen molar-refractivity contribution in [2.45, 2.75) is 38.5 Å². The molecule has 0 aromatic rings. The third-order valence-corrected chi connectivity index (χ3v) is 3.87. The minimum absolute atomic E-state index is 0.991. The van der Waals surface area contributed by atoms with Gasteiger partial charge in [0.1, 0.15) is 0 Å². The summed E-state index contributed by atoms with van der Waals surface area (Å²) in [7, 11) is 0. The highest BCUT2D eigenvalue weighted by Gasteiger charge is 2.17. The Balaban J connectivity index is 1.69. The first-order valence-corrected chi connectivity index (χ1v) is 6.50. The van der Waals surface area contributed by atoms with Gasteiger partial charge in [-0.2, -0.15) is 0 Å². The summed E-state index contributed by atoms with van der Waals surface area (Å²) in [5.74, 6) is 1.00. The van der Waals surface area contributed by atoms with Crippen LogP contribution >= 0.6 is 0 Å². The molecule has 0 bridgehead atoms. The highest BCUT2D eigenvalue weighted by atomic mass is 15.2. The van der Waals surface area contributed by atoms with E-state index < -0.39 is 0 Å². The second kappa shape index (κ2) is 5.55. The summed E-state index contributed by atoms with van der Waals surface area (Å²) in [4.78, 5) is 2.48. The first kappa shape index (κ1) is 11.0. The van der Waals surface area contributed by atoms with Crippen LogP contribution in [0.3, 0.4) is 0 Å². The van der Waals surface area contributed by atoms with E-state index in [2.05, 4.69) is 16.8 Å². The average Bonchev–Trinajstić information content (AvgIpc) is 2.29. The zero-order chi connectivity index (χ0) is 10.5. The Hall–Kier alpha value is -0.500. The topological polar surface area (TPSA) is 15.3 Å². The molecule has 0 radical (unpaired) electrons. The Morgan fingerprint density at radius 3 is 2.80 bits per heavy atom. The van der Waals surface area contributed by atoms with Gasteiger partial charge in [0.25, 0.3) is 0 Å². The van der Waals surface area contributed by atoms with Crippen LogP contribution in [0, 0.1) is 5.92 Å². The minimum atomic E-state index is 0.991. The van der Waals surface area contributed by atoms with E-state index in [9.17, 15) is 0 Å². The zero-order valence-electron chi connectivity index (χ0n) is 9.80. The number of rotatable bonds is 3. The van der Waals surface area contributed by atoms with Crippen LogP contribution in [0.4, 0.5) is 0 Å². The van der Waals surface area contributed by atoms with Crippen molar-refractivity contribution in [3.05, 3.63) is 12.3 Å². The van der Waals surface area contributed by atoms with E-state index in [0.717, 1.165) is 25.6 Å². The van der Waals surface area contributed by atoms with Gasteiger partial charge in [-0.05, 0) is 12.3 Å². The van der Waals surface area contributed by atoms with E-state index >= 15 is 0 Å². The van der Waals surface area contributed by atoms with Crippen LogP contribution in [-0.2, 0) is 0 Å². The molecule has 1 aliphatic heterocycles. The molecule has 86 valence electrons. The molecule has 1 saturated heterocycles. The van der Waals surface area contributed by atoms with E-state index in [-0.39, 0.29) is 0 Å². The van der Waals surface area contributed by atoms with E-state index in [1.165, 1.54) is 50.8 Å². The summed E-state index contributed by atoms with van der Waals surface area (Å²) in [6.45, 7) is 8.64. The molecule has 0 amide bonds. The predicted molar refractivity (Wildman–Crippen MR) is 64.8 cm³/mol. The molecular weight excluding hydrogens is 184 g/mol. The minimum Gasteiger partial charge on any atom is -0.373 e. The lowest BCUT2D eigenvalue weighted by Crippen LogP contribution is -2.42. The summed E-state index contributed by atoms with van der Waals surface area (Å²) in [5.41, 5.74) is 1.29. The predicted octanol–water partition coefficient (Wildman–Crippen LogP) is 2.38. The second-order valence-electron chi connectivity index (χ2n) is 5.02. The summed E-state index contributed by atoms with van der Waals surface area (Å²) in [6.07, 6.45) is 8.73. The lowest BCUT2D eigenvalue weighted by molar-refractivity contribution is 0.252. The maximum Gasteiger partial charge on any atom is 0.0350 e. The van der Waals surface area contributed by atoms with Crippen molar-refractivity contribution in [3.63, 3.8) is 0 Å². The van der Waals surface area contributed by atoms with Crippen molar-refractivity contribution in [1.29, 1.82) is 0 Å². The maximum atomic E-state index is 4.12. The highest BCUT2D eigenvalue weighted by Crippen LogP contribution is 2.26. The Morgan fingerprint density at radius 1 is 1.27 bits per heavy atom. The molecule has 1 aliphatic carbocycles. The van der Waals surface area contributed by atoms with Gasteiger partial charge in [-0.15, -0.1) is 0 Å². The van der Waals surface area contributed by atoms with Crippen LogP contribution in [0.1, 0.15) is 38.5 Å². The van der Waals surface area contributed by atoms with Crippen molar-refractivity contribution in [2.75, 3.05) is 26.2 Å². The third kappa shape index (κ3) is 3.23. The first-order chi connectivity index (χ1) is 7.36. The van der Waals surface area contributed by atoms with Crippen LogP contribution < -0.4 is 5.32 Å². The molecule has 15 heavy (non-hydrogen) atoms. The number of piperazine rings is 1. The molecule has 0 aromatic heterocycles. The maximum absolute atomic E-state index is 4.12. The van der Waals surface area contributed by atoms with Crippen molar-refractivity contribution < 1.29 is 0 Å². The normalized spacial score (nSPS) is 24.5. The van der Waals surface area contributed by atoms with E-state index in [1.54, 1.807) is 0 Å². The van der Waals surface area contributed by atoms with E-state index in [4.69, 9.17) is 0 Å². The summed E-state index contributed by atoms with van der Waals surface area (Å²) < 4.78 is 0. The molecule has 0 aromatic carbocycles. The summed E-state index contributed by atoms with van der Waals surface area (Å²) in [6, 6.07) is 0. The van der Waals surface area contributed by atoms with Crippen molar-refractivity contribution in [3.8, 4) is 0 Å². The molecule has 2 aliphatic rings. The summed E-state index contributed by atoms with van der Waals surface area (Å²) in [5, 5.41) is 3.36. The molecular formula is C13H24N2. The fourth-order valence-corrected chi connectivity index (χ4v) is 2.80. The van der Waals surface area contributed by atoms with Crippen molar-refractivity contribution in [2.24, 2.45) is 5.92 Å². The van der Waals surface area contributed by atoms with Crippen LogP contribution in [0.25, 0.3) is 0 Å². The molecule has 2 nitrogen and oxygen atoms in total. The van der Waals surface area contributed by atoms with Crippen LogP contribution in [0.5, 0.6) is 0 Å². The molecule has 2 heteroatoms. The summed E-state index contributed by atoms with van der Waals surface area (Å²) >= 11 is 0. The smallest absolute Gasteiger partial charge is 0.0350 e. The molecule has 1 saturated carbocycles. The molecule has 0 spiro atoms. The third-order valence-electron chi connectivity index (χ3n) is 3.87. The van der Waals surface area contributed by atoms with Gasteiger partial charge in [0.2, 0.25) is 0 Å². The lowest BCUT2D eigenvalue weighted by Gasteiger charge is -2.33. The van der Waals surface area contributed by atoms with E-state index in [0.29, 0.717) is 0 Å². The van der Waals surface area contributed by atoms with Gasteiger partial charge in [-0.3, -0.25) is 0 Å². The first-order valence-electron chi connectivity index (χ1n) is 6.50. The van der Waals surface area contributed by atoms with Crippen LogP contribution in [0.2, 0.25) is 0 Å². The zero-order valence-corrected chi connectivity index (χ0v) is 9.80. The largest absolute Gasteiger partial charge is 0.373 e. The number of nitrogens with zero attached hydrogens (tertiary/aromatic N) is 1. The van der Waals surface area contributed by atoms with Gasteiger partial charge in [0.05, 0.1) is 0 Å². The Kier molecular flexibility index (Phi) is 4.07. The van der Waals surface area contributed by atoms with Gasteiger partial charge in [-0.1, -0.05) is 38.7 Å².